The van der Waals surface area contributed by atoms with Gasteiger partial charge < -0.3 is 28.4 Å². The van der Waals surface area contributed by atoms with Gasteiger partial charge in [0, 0.05) is 6.07 Å². The molecule has 9 heteroatoms. The van der Waals surface area contributed by atoms with E-state index < -0.39 is 11.9 Å². The first-order valence-electron chi connectivity index (χ1n) is 10.7. The van der Waals surface area contributed by atoms with E-state index in [-0.39, 0.29) is 28.6 Å². The van der Waals surface area contributed by atoms with Crippen LogP contribution in [0.2, 0.25) is 0 Å². The van der Waals surface area contributed by atoms with Crippen molar-refractivity contribution in [1.29, 1.82) is 0 Å². The summed E-state index contributed by atoms with van der Waals surface area (Å²) in [6, 6.07) is 14.0. The molecule has 0 spiro atoms. The largest absolute Gasteiger partial charge is 0.493 e. The van der Waals surface area contributed by atoms with Crippen molar-refractivity contribution in [3.63, 3.8) is 0 Å². The minimum atomic E-state index is -0.667. The Morgan fingerprint density at radius 3 is 2.03 bits per heavy atom. The Kier molecular flexibility index (Phi) is 6.91. The Labute approximate surface area is 206 Å². The highest BCUT2D eigenvalue weighted by molar-refractivity contribution is 6.14. The summed E-state index contributed by atoms with van der Waals surface area (Å²) in [5, 5.41) is 0. The van der Waals surface area contributed by atoms with Crippen molar-refractivity contribution in [3.8, 4) is 28.7 Å². The van der Waals surface area contributed by atoms with E-state index in [4.69, 9.17) is 23.7 Å². The van der Waals surface area contributed by atoms with Gasteiger partial charge in [-0.15, -0.1) is 0 Å². The smallest absolute Gasteiger partial charge is 0.343 e. The van der Waals surface area contributed by atoms with Gasteiger partial charge in [-0.3, -0.25) is 4.79 Å². The molecule has 1 aliphatic heterocycles. The van der Waals surface area contributed by atoms with E-state index in [1.807, 2.05) is 0 Å². The van der Waals surface area contributed by atoms with Crippen molar-refractivity contribution in [2.45, 2.75) is 0 Å². The van der Waals surface area contributed by atoms with E-state index in [2.05, 4.69) is 4.74 Å². The second kappa shape index (κ2) is 10.2. The topological polar surface area (TPSA) is 107 Å². The van der Waals surface area contributed by atoms with E-state index in [0.717, 1.165) is 0 Å². The fourth-order valence-electron chi connectivity index (χ4n) is 3.58. The van der Waals surface area contributed by atoms with Crippen LogP contribution in [0.15, 0.2) is 60.4 Å². The number of benzene rings is 3. The maximum Gasteiger partial charge on any atom is 0.343 e. The molecule has 0 saturated carbocycles. The van der Waals surface area contributed by atoms with Gasteiger partial charge >= 0.3 is 11.9 Å². The molecule has 0 fully saturated rings. The Balaban J connectivity index is 1.53. The average molecular weight is 490 g/mol. The van der Waals surface area contributed by atoms with Crippen LogP contribution >= 0.6 is 0 Å². The summed E-state index contributed by atoms with van der Waals surface area (Å²) in [6.07, 6.45) is 1.56. The minimum Gasteiger partial charge on any atom is -0.493 e. The minimum absolute atomic E-state index is 0.101. The monoisotopic (exact) mass is 490 g/mol. The van der Waals surface area contributed by atoms with Crippen LogP contribution in [0.3, 0.4) is 0 Å². The van der Waals surface area contributed by atoms with E-state index >= 15 is 0 Å². The molecule has 9 nitrogen and oxygen atoms in total. The van der Waals surface area contributed by atoms with Gasteiger partial charge in [-0.25, -0.2) is 9.59 Å². The van der Waals surface area contributed by atoms with Crippen LogP contribution in [0.25, 0.3) is 6.08 Å². The van der Waals surface area contributed by atoms with Crippen molar-refractivity contribution in [2.24, 2.45) is 0 Å². The number of methoxy groups -OCH3 is 4. The highest BCUT2D eigenvalue weighted by Crippen LogP contribution is 2.39. The molecule has 0 N–H and O–H groups in total. The second-order valence-electron chi connectivity index (χ2n) is 7.51. The van der Waals surface area contributed by atoms with Gasteiger partial charge in [-0.05, 0) is 48.0 Å². The van der Waals surface area contributed by atoms with Crippen LogP contribution < -0.4 is 23.7 Å². The third kappa shape index (κ3) is 4.72. The standard InChI is InChI=1S/C27H22O9/c1-31-22-12-17(13-23(32-2)25(22)33-3)27(30)35-18-9-10-19-20(14-18)36-21(24(19)28)11-15-5-7-16(8-6-15)26(29)34-4/h5-14H,1-4H3. The zero-order valence-electron chi connectivity index (χ0n) is 19.9. The molecule has 3 aromatic rings. The predicted molar refractivity (Wildman–Crippen MR) is 128 cm³/mol. The normalized spacial score (nSPS) is 13.0. The summed E-state index contributed by atoms with van der Waals surface area (Å²) in [4.78, 5) is 37.1. The molecule has 0 bridgehead atoms. The third-order valence-electron chi connectivity index (χ3n) is 5.38. The summed E-state index contributed by atoms with van der Waals surface area (Å²) in [7, 11) is 5.65. The lowest BCUT2D eigenvalue weighted by Gasteiger charge is -2.13. The molecule has 4 rings (SSSR count). The highest BCUT2D eigenvalue weighted by Gasteiger charge is 2.28. The molecule has 1 heterocycles. The summed E-state index contributed by atoms with van der Waals surface area (Å²) >= 11 is 0. The van der Waals surface area contributed by atoms with E-state index in [1.165, 1.54) is 58.8 Å². The molecular weight excluding hydrogens is 468 g/mol. The first-order valence-corrected chi connectivity index (χ1v) is 10.7. The molecule has 1 aliphatic rings. The Bertz CT molecular complexity index is 1350. The maximum atomic E-state index is 12.8. The zero-order valence-corrected chi connectivity index (χ0v) is 19.9. The number of carbonyl (C=O) groups excluding carboxylic acids is 3. The molecule has 0 atom stereocenters. The van der Waals surface area contributed by atoms with Crippen LogP contribution in [-0.2, 0) is 4.74 Å². The Morgan fingerprint density at radius 2 is 1.44 bits per heavy atom. The molecule has 3 aromatic carbocycles. The summed E-state index contributed by atoms with van der Waals surface area (Å²) < 4.78 is 31.7. The number of rotatable bonds is 7. The second-order valence-corrected chi connectivity index (χ2v) is 7.51. The van der Waals surface area contributed by atoms with Crippen LogP contribution in [0.1, 0.15) is 36.6 Å². The molecule has 0 saturated heterocycles. The fourth-order valence-corrected chi connectivity index (χ4v) is 3.58. The number of ketones is 1. The van der Waals surface area contributed by atoms with Crippen molar-refractivity contribution >= 4 is 23.8 Å². The number of ether oxygens (including phenoxy) is 6. The molecule has 36 heavy (non-hydrogen) atoms. The van der Waals surface area contributed by atoms with Gasteiger partial charge in [0.2, 0.25) is 11.5 Å². The number of esters is 2. The fraction of sp³-hybridized carbons (Fsp3) is 0.148. The van der Waals surface area contributed by atoms with Gasteiger partial charge in [-0.1, -0.05) is 12.1 Å². The lowest BCUT2D eigenvalue weighted by molar-refractivity contribution is 0.0600. The van der Waals surface area contributed by atoms with Gasteiger partial charge in [0.15, 0.2) is 17.3 Å². The van der Waals surface area contributed by atoms with Crippen LogP contribution in [0, 0.1) is 0 Å². The number of fused-ring (bicyclic) bond motifs is 1. The quantitative estimate of drug-likeness (QED) is 0.272. The molecule has 0 aliphatic carbocycles. The van der Waals surface area contributed by atoms with Crippen molar-refractivity contribution in [2.75, 3.05) is 28.4 Å². The molecule has 0 aromatic heterocycles. The number of Topliss-reactive ketones (excluding diaryl/α,β-unsaturated/α-hetero) is 1. The van der Waals surface area contributed by atoms with Crippen molar-refractivity contribution < 1.29 is 42.8 Å². The highest BCUT2D eigenvalue weighted by atomic mass is 16.5. The van der Waals surface area contributed by atoms with E-state index in [0.29, 0.717) is 33.9 Å². The molecule has 0 radical (unpaired) electrons. The summed E-state index contributed by atoms with van der Waals surface area (Å²) in [5.41, 5.74) is 1.56. The Hall–Kier alpha value is -4.79. The number of hydrogen-bond donors (Lipinski definition) is 0. The average Bonchev–Trinajstić information content (AvgIpc) is 3.21. The molecule has 0 amide bonds. The first kappa shape index (κ1) is 24.3. The lowest BCUT2D eigenvalue weighted by Crippen LogP contribution is -2.09. The van der Waals surface area contributed by atoms with Gasteiger partial charge in [0.1, 0.15) is 11.5 Å². The van der Waals surface area contributed by atoms with Gasteiger partial charge in [0.05, 0.1) is 45.1 Å². The van der Waals surface area contributed by atoms with Crippen LogP contribution in [0.5, 0.6) is 28.7 Å². The third-order valence-corrected chi connectivity index (χ3v) is 5.38. The van der Waals surface area contributed by atoms with Crippen molar-refractivity contribution in [3.05, 3.63) is 82.6 Å². The summed E-state index contributed by atoms with van der Waals surface area (Å²) in [5.74, 6) is 0.0656. The summed E-state index contributed by atoms with van der Waals surface area (Å²) in [6.45, 7) is 0. The van der Waals surface area contributed by atoms with Crippen LogP contribution in [-0.4, -0.2) is 46.2 Å². The molecule has 0 unspecified atom stereocenters. The van der Waals surface area contributed by atoms with Crippen LogP contribution in [0.4, 0.5) is 0 Å². The van der Waals surface area contributed by atoms with Crippen molar-refractivity contribution in [1.82, 2.24) is 0 Å². The lowest BCUT2D eigenvalue weighted by atomic mass is 10.1. The van der Waals surface area contributed by atoms with Gasteiger partial charge in [-0.2, -0.15) is 0 Å². The Morgan fingerprint density at radius 1 is 0.778 bits per heavy atom. The van der Waals surface area contributed by atoms with E-state index in [9.17, 15) is 14.4 Å². The number of carbonyl (C=O) groups is 3. The predicted octanol–water partition coefficient (Wildman–Crippen LogP) is 4.33. The number of allylic oxidation sites excluding steroid dienone is 1. The zero-order chi connectivity index (χ0) is 25.8. The maximum absolute atomic E-state index is 12.8. The molecular formula is C27H22O9. The first-order chi connectivity index (χ1) is 17.4. The SMILES string of the molecule is COC(=O)c1ccc(C=C2Oc3cc(OC(=O)c4cc(OC)c(OC)c(OC)c4)ccc3C2=O)cc1. The van der Waals surface area contributed by atoms with Gasteiger partial charge in [0.25, 0.3) is 0 Å². The molecule has 184 valence electrons. The number of hydrogen-bond acceptors (Lipinski definition) is 9. The van der Waals surface area contributed by atoms with E-state index in [1.54, 1.807) is 30.3 Å².